The molecule has 0 amide bonds. The summed E-state index contributed by atoms with van der Waals surface area (Å²) in [5.41, 5.74) is 4.48. The molecule has 2 saturated carbocycles. The molecule has 0 radical (unpaired) electrons. The normalized spacial score (nSPS) is 26.7. The zero-order chi connectivity index (χ0) is 13.9. The maximum Gasteiger partial charge on any atom is 0.00683 e. The predicted molar refractivity (Wildman–Crippen MR) is 86.1 cm³/mol. The van der Waals surface area contributed by atoms with Crippen LogP contribution >= 0.6 is 0 Å². The van der Waals surface area contributed by atoms with Crippen molar-refractivity contribution < 1.29 is 0 Å². The minimum atomic E-state index is 0.860. The van der Waals surface area contributed by atoms with Gasteiger partial charge in [-0.3, -0.25) is 0 Å². The summed E-state index contributed by atoms with van der Waals surface area (Å²) < 4.78 is 0. The Hall–Kier alpha value is -0.820. The van der Waals surface area contributed by atoms with E-state index in [1.807, 2.05) is 0 Å². The summed E-state index contributed by atoms with van der Waals surface area (Å²) in [7, 11) is 0. The highest BCUT2D eigenvalue weighted by molar-refractivity contribution is 5.30. The molecule has 1 nitrogen and oxygen atoms in total. The standard InChI is InChI=1S/C19H29N/c1-14-7-8-15(2)18(11-14)12-16-5-3-4-6-17(16)13-20-19-9-10-19/h7-8,11,16-17,19-20H,3-6,9-10,12-13H2,1-2H3. The van der Waals surface area contributed by atoms with E-state index in [2.05, 4.69) is 37.4 Å². The molecule has 2 fully saturated rings. The summed E-state index contributed by atoms with van der Waals surface area (Å²) in [5, 5.41) is 3.77. The third kappa shape index (κ3) is 3.63. The number of benzene rings is 1. The van der Waals surface area contributed by atoms with E-state index in [9.17, 15) is 0 Å². The van der Waals surface area contributed by atoms with E-state index in [4.69, 9.17) is 0 Å². The van der Waals surface area contributed by atoms with Gasteiger partial charge in [0.1, 0.15) is 0 Å². The van der Waals surface area contributed by atoms with Gasteiger partial charge in [-0.15, -0.1) is 0 Å². The maximum absolute atomic E-state index is 3.77. The van der Waals surface area contributed by atoms with E-state index < -0.39 is 0 Å². The van der Waals surface area contributed by atoms with Crippen LogP contribution in [0.5, 0.6) is 0 Å². The van der Waals surface area contributed by atoms with E-state index in [-0.39, 0.29) is 0 Å². The van der Waals surface area contributed by atoms with Crippen LogP contribution in [0.15, 0.2) is 18.2 Å². The van der Waals surface area contributed by atoms with Gasteiger partial charge in [0.25, 0.3) is 0 Å². The van der Waals surface area contributed by atoms with E-state index in [1.54, 1.807) is 5.56 Å². The van der Waals surface area contributed by atoms with E-state index in [0.29, 0.717) is 0 Å². The Morgan fingerprint density at radius 2 is 1.75 bits per heavy atom. The average molecular weight is 271 g/mol. The first kappa shape index (κ1) is 14.1. The highest BCUT2D eigenvalue weighted by Crippen LogP contribution is 2.33. The molecule has 3 rings (SSSR count). The van der Waals surface area contributed by atoms with Gasteiger partial charge < -0.3 is 5.32 Å². The molecule has 1 N–H and O–H groups in total. The lowest BCUT2D eigenvalue weighted by Crippen LogP contribution is -2.32. The van der Waals surface area contributed by atoms with Crippen molar-refractivity contribution in [1.29, 1.82) is 0 Å². The van der Waals surface area contributed by atoms with Crippen molar-refractivity contribution in [1.82, 2.24) is 5.32 Å². The predicted octanol–water partition coefficient (Wildman–Crippen LogP) is 4.40. The second-order valence-corrected chi connectivity index (χ2v) is 7.12. The molecule has 1 aromatic rings. The molecule has 1 heteroatoms. The Bertz CT molecular complexity index is 447. The molecule has 2 aliphatic carbocycles. The van der Waals surface area contributed by atoms with Crippen LogP contribution in [-0.4, -0.2) is 12.6 Å². The van der Waals surface area contributed by atoms with Gasteiger partial charge in [-0.25, -0.2) is 0 Å². The molecule has 0 bridgehead atoms. The lowest BCUT2D eigenvalue weighted by molar-refractivity contribution is 0.228. The highest BCUT2D eigenvalue weighted by Gasteiger charge is 2.28. The Balaban J connectivity index is 1.64. The SMILES string of the molecule is Cc1ccc(C)c(CC2CCCCC2CNC2CC2)c1. The number of aryl methyl sites for hydroxylation is 2. The van der Waals surface area contributed by atoms with Crippen molar-refractivity contribution in [3.63, 3.8) is 0 Å². The van der Waals surface area contributed by atoms with Gasteiger partial charge in [0.2, 0.25) is 0 Å². The van der Waals surface area contributed by atoms with Crippen molar-refractivity contribution in [2.75, 3.05) is 6.54 Å². The van der Waals surface area contributed by atoms with Gasteiger partial charge in [-0.1, -0.05) is 36.6 Å². The molecule has 0 saturated heterocycles. The molecule has 0 aliphatic heterocycles. The van der Waals surface area contributed by atoms with E-state index in [0.717, 1.165) is 17.9 Å². The largest absolute Gasteiger partial charge is 0.314 e. The van der Waals surface area contributed by atoms with Gasteiger partial charge in [-0.2, -0.15) is 0 Å². The fourth-order valence-electron chi connectivity index (χ4n) is 3.73. The molecule has 2 unspecified atom stereocenters. The first-order valence-electron chi connectivity index (χ1n) is 8.52. The number of rotatable bonds is 5. The van der Waals surface area contributed by atoms with Gasteiger partial charge >= 0.3 is 0 Å². The summed E-state index contributed by atoms with van der Waals surface area (Å²) in [6.45, 7) is 5.76. The lowest BCUT2D eigenvalue weighted by atomic mass is 9.75. The van der Waals surface area contributed by atoms with Gasteiger partial charge in [-0.05, 0) is 75.5 Å². The molecule has 2 aliphatic rings. The van der Waals surface area contributed by atoms with Gasteiger partial charge in [0, 0.05) is 6.04 Å². The zero-order valence-electron chi connectivity index (χ0n) is 13.1. The van der Waals surface area contributed by atoms with Crippen molar-refractivity contribution in [2.24, 2.45) is 11.8 Å². The molecule has 2 atom stereocenters. The van der Waals surface area contributed by atoms with Crippen LogP contribution in [-0.2, 0) is 6.42 Å². The van der Waals surface area contributed by atoms with Crippen LogP contribution in [0.4, 0.5) is 0 Å². The van der Waals surface area contributed by atoms with Gasteiger partial charge in [0.05, 0.1) is 0 Å². The molecule has 110 valence electrons. The topological polar surface area (TPSA) is 12.0 Å². The minimum absolute atomic E-state index is 0.860. The number of hydrogen-bond acceptors (Lipinski definition) is 1. The Morgan fingerprint density at radius 1 is 1.00 bits per heavy atom. The minimum Gasteiger partial charge on any atom is -0.314 e. The fraction of sp³-hybridized carbons (Fsp3) is 0.684. The van der Waals surface area contributed by atoms with Crippen molar-refractivity contribution in [3.8, 4) is 0 Å². The van der Waals surface area contributed by atoms with Crippen LogP contribution < -0.4 is 5.32 Å². The summed E-state index contributed by atoms with van der Waals surface area (Å²) in [4.78, 5) is 0. The lowest BCUT2D eigenvalue weighted by Gasteiger charge is -2.32. The fourth-order valence-corrected chi connectivity index (χ4v) is 3.73. The Morgan fingerprint density at radius 3 is 2.50 bits per heavy atom. The molecule has 0 spiro atoms. The molecule has 0 aromatic heterocycles. The first-order chi connectivity index (χ1) is 9.72. The summed E-state index contributed by atoms with van der Waals surface area (Å²) >= 11 is 0. The zero-order valence-corrected chi connectivity index (χ0v) is 13.1. The van der Waals surface area contributed by atoms with E-state index >= 15 is 0 Å². The average Bonchev–Trinajstić information content (AvgIpc) is 3.26. The first-order valence-corrected chi connectivity index (χ1v) is 8.52. The second kappa shape index (κ2) is 6.30. The van der Waals surface area contributed by atoms with Crippen LogP contribution in [0, 0.1) is 25.7 Å². The van der Waals surface area contributed by atoms with Crippen molar-refractivity contribution in [3.05, 3.63) is 34.9 Å². The Kier molecular flexibility index (Phi) is 4.45. The number of hydrogen-bond donors (Lipinski definition) is 1. The smallest absolute Gasteiger partial charge is 0.00683 e. The molecular weight excluding hydrogens is 242 g/mol. The van der Waals surface area contributed by atoms with Crippen LogP contribution in [0.2, 0.25) is 0 Å². The maximum atomic E-state index is 3.77. The summed E-state index contributed by atoms with van der Waals surface area (Å²) in [6, 6.07) is 7.81. The van der Waals surface area contributed by atoms with Crippen molar-refractivity contribution in [2.45, 2.75) is 64.8 Å². The van der Waals surface area contributed by atoms with Crippen LogP contribution in [0.25, 0.3) is 0 Å². The molecule has 0 heterocycles. The van der Waals surface area contributed by atoms with Crippen LogP contribution in [0.1, 0.15) is 55.2 Å². The van der Waals surface area contributed by atoms with Crippen LogP contribution in [0.3, 0.4) is 0 Å². The third-order valence-corrected chi connectivity index (χ3v) is 5.30. The van der Waals surface area contributed by atoms with Gasteiger partial charge in [0.15, 0.2) is 0 Å². The Labute approximate surface area is 124 Å². The third-order valence-electron chi connectivity index (χ3n) is 5.30. The monoisotopic (exact) mass is 271 g/mol. The summed E-state index contributed by atoms with van der Waals surface area (Å²) in [6.07, 6.45) is 9.88. The quantitative estimate of drug-likeness (QED) is 0.836. The molecule has 20 heavy (non-hydrogen) atoms. The number of nitrogens with one attached hydrogen (secondary N) is 1. The molecule has 1 aromatic carbocycles. The molecular formula is C19H29N. The second-order valence-electron chi connectivity index (χ2n) is 7.12. The van der Waals surface area contributed by atoms with E-state index in [1.165, 1.54) is 62.6 Å². The van der Waals surface area contributed by atoms with Crippen molar-refractivity contribution >= 4 is 0 Å². The highest BCUT2D eigenvalue weighted by atomic mass is 14.9. The summed E-state index contributed by atoms with van der Waals surface area (Å²) in [5.74, 6) is 1.81.